The van der Waals surface area contributed by atoms with Crippen LogP contribution in [0.3, 0.4) is 0 Å². The molecule has 0 heterocycles. The zero-order valence-electron chi connectivity index (χ0n) is 12.3. The van der Waals surface area contributed by atoms with Crippen molar-refractivity contribution in [1.29, 1.82) is 0 Å². The summed E-state index contributed by atoms with van der Waals surface area (Å²) in [5.41, 5.74) is 0. The Labute approximate surface area is 108 Å². The highest BCUT2D eigenvalue weighted by molar-refractivity contribution is 4.86. The van der Waals surface area contributed by atoms with Gasteiger partial charge in [-0.05, 0) is 51.6 Å². The molecule has 2 atom stereocenters. The lowest BCUT2D eigenvalue weighted by Gasteiger charge is -2.36. The van der Waals surface area contributed by atoms with Gasteiger partial charge in [0.1, 0.15) is 0 Å². The third kappa shape index (κ3) is 4.97. The van der Waals surface area contributed by atoms with E-state index in [1.54, 1.807) is 0 Å². The lowest BCUT2D eigenvalue weighted by atomic mass is 9.98. The number of nitrogens with one attached hydrogen (secondary N) is 1. The topological polar surface area (TPSA) is 15.3 Å². The quantitative estimate of drug-likeness (QED) is 0.630. The molecule has 0 aliphatic heterocycles. The van der Waals surface area contributed by atoms with Crippen LogP contribution in [0.25, 0.3) is 0 Å². The molecule has 102 valence electrons. The Hall–Kier alpha value is -0.0800. The Balaban J connectivity index is 2.56. The minimum Gasteiger partial charge on any atom is -0.315 e. The number of likely N-dealkylation sites (N-methyl/N-ethyl adjacent to an activating group) is 1. The van der Waals surface area contributed by atoms with Gasteiger partial charge in [-0.2, -0.15) is 0 Å². The molecule has 1 rings (SSSR count). The van der Waals surface area contributed by atoms with Gasteiger partial charge in [-0.1, -0.05) is 27.2 Å². The first-order valence-electron chi connectivity index (χ1n) is 7.68. The molecule has 0 amide bonds. The van der Waals surface area contributed by atoms with Crippen LogP contribution in [0.15, 0.2) is 0 Å². The molecule has 2 unspecified atom stereocenters. The minimum absolute atomic E-state index is 0.676. The second kappa shape index (κ2) is 8.10. The number of rotatable bonds is 10. The third-order valence-electron chi connectivity index (χ3n) is 4.02. The van der Waals surface area contributed by atoms with Crippen molar-refractivity contribution in [2.45, 2.75) is 71.4 Å². The monoisotopic (exact) mass is 240 g/mol. The van der Waals surface area contributed by atoms with Crippen LogP contribution in [0.2, 0.25) is 0 Å². The van der Waals surface area contributed by atoms with E-state index in [1.165, 1.54) is 51.6 Å². The number of hydrogen-bond acceptors (Lipinski definition) is 2. The van der Waals surface area contributed by atoms with E-state index in [-0.39, 0.29) is 0 Å². The number of hydrogen-bond donors (Lipinski definition) is 1. The van der Waals surface area contributed by atoms with Crippen LogP contribution in [-0.4, -0.2) is 37.1 Å². The predicted octanol–water partition coefficient (Wildman–Crippen LogP) is 3.28. The van der Waals surface area contributed by atoms with Crippen LogP contribution in [0, 0.1) is 5.92 Å². The van der Waals surface area contributed by atoms with Crippen LogP contribution in [0.4, 0.5) is 0 Å². The van der Waals surface area contributed by atoms with Gasteiger partial charge in [-0.15, -0.1) is 0 Å². The van der Waals surface area contributed by atoms with Gasteiger partial charge in [0.15, 0.2) is 0 Å². The first-order valence-corrected chi connectivity index (χ1v) is 7.68. The number of nitrogens with zero attached hydrogens (tertiary/aromatic N) is 1. The summed E-state index contributed by atoms with van der Waals surface area (Å²) in [6.45, 7) is 9.56. The van der Waals surface area contributed by atoms with Crippen molar-refractivity contribution in [1.82, 2.24) is 10.2 Å². The smallest absolute Gasteiger partial charge is 0.0246 e. The molecule has 0 spiro atoms. The van der Waals surface area contributed by atoms with Gasteiger partial charge in [-0.3, -0.25) is 4.90 Å². The summed E-state index contributed by atoms with van der Waals surface area (Å²) in [6, 6.07) is 1.41. The Bertz CT molecular complexity index is 189. The molecule has 0 saturated heterocycles. The zero-order chi connectivity index (χ0) is 12.7. The minimum atomic E-state index is 0.676. The SMILES string of the molecule is CCCC(NC)C(CC)N(CCC)CC1CC1. The molecule has 0 aromatic rings. The average molecular weight is 240 g/mol. The molecule has 1 N–H and O–H groups in total. The van der Waals surface area contributed by atoms with Crippen molar-refractivity contribution >= 4 is 0 Å². The molecule has 1 saturated carbocycles. The highest BCUT2D eigenvalue weighted by Gasteiger charge is 2.30. The lowest BCUT2D eigenvalue weighted by Crippen LogP contribution is -2.49. The highest BCUT2D eigenvalue weighted by Crippen LogP contribution is 2.31. The zero-order valence-corrected chi connectivity index (χ0v) is 12.3. The summed E-state index contributed by atoms with van der Waals surface area (Å²) in [4.78, 5) is 2.76. The van der Waals surface area contributed by atoms with Crippen molar-refractivity contribution in [2.24, 2.45) is 5.92 Å². The van der Waals surface area contributed by atoms with Crippen LogP contribution in [0.1, 0.15) is 59.3 Å². The van der Waals surface area contributed by atoms with Gasteiger partial charge in [0.2, 0.25) is 0 Å². The molecule has 0 bridgehead atoms. The van der Waals surface area contributed by atoms with Gasteiger partial charge < -0.3 is 5.32 Å². The Morgan fingerprint density at radius 2 is 1.88 bits per heavy atom. The van der Waals surface area contributed by atoms with Crippen molar-refractivity contribution in [3.8, 4) is 0 Å². The van der Waals surface area contributed by atoms with E-state index in [0.29, 0.717) is 6.04 Å². The summed E-state index contributed by atoms with van der Waals surface area (Å²) >= 11 is 0. The molecule has 17 heavy (non-hydrogen) atoms. The van der Waals surface area contributed by atoms with E-state index in [2.05, 4.69) is 38.0 Å². The van der Waals surface area contributed by atoms with E-state index in [9.17, 15) is 0 Å². The van der Waals surface area contributed by atoms with Gasteiger partial charge >= 0.3 is 0 Å². The second-order valence-corrected chi connectivity index (χ2v) is 5.60. The Morgan fingerprint density at radius 3 is 2.29 bits per heavy atom. The fraction of sp³-hybridized carbons (Fsp3) is 1.00. The molecule has 2 nitrogen and oxygen atoms in total. The molecule has 2 heteroatoms. The predicted molar refractivity (Wildman–Crippen MR) is 76.4 cm³/mol. The maximum atomic E-state index is 3.54. The summed E-state index contributed by atoms with van der Waals surface area (Å²) in [5.74, 6) is 1.01. The van der Waals surface area contributed by atoms with Crippen molar-refractivity contribution in [3.63, 3.8) is 0 Å². The van der Waals surface area contributed by atoms with Crippen LogP contribution in [0.5, 0.6) is 0 Å². The third-order valence-corrected chi connectivity index (χ3v) is 4.02. The highest BCUT2D eigenvalue weighted by atomic mass is 15.2. The van der Waals surface area contributed by atoms with E-state index in [0.717, 1.165) is 12.0 Å². The van der Waals surface area contributed by atoms with E-state index in [1.807, 2.05) is 0 Å². The fourth-order valence-corrected chi connectivity index (χ4v) is 2.95. The molecule has 1 fully saturated rings. The molecule has 0 radical (unpaired) electrons. The maximum absolute atomic E-state index is 3.54. The Kier molecular flexibility index (Phi) is 7.14. The summed E-state index contributed by atoms with van der Waals surface area (Å²) in [7, 11) is 2.13. The molecule has 1 aliphatic carbocycles. The summed E-state index contributed by atoms with van der Waals surface area (Å²) in [5, 5.41) is 3.54. The first kappa shape index (κ1) is 15.0. The normalized spacial score (nSPS) is 19.6. The molecule has 1 aliphatic rings. The van der Waals surface area contributed by atoms with Crippen LogP contribution in [-0.2, 0) is 0 Å². The molecular formula is C15H32N2. The van der Waals surface area contributed by atoms with Gasteiger partial charge in [0.25, 0.3) is 0 Å². The lowest BCUT2D eigenvalue weighted by molar-refractivity contribution is 0.143. The standard InChI is InChI=1S/C15H32N2/c1-5-8-14(16-4)15(7-3)17(11-6-2)12-13-9-10-13/h13-16H,5-12H2,1-4H3. The summed E-state index contributed by atoms with van der Waals surface area (Å²) in [6.07, 6.45) is 8.08. The Morgan fingerprint density at radius 1 is 1.18 bits per heavy atom. The van der Waals surface area contributed by atoms with Crippen LogP contribution >= 0.6 is 0 Å². The maximum Gasteiger partial charge on any atom is 0.0246 e. The van der Waals surface area contributed by atoms with Gasteiger partial charge in [0.05, 0.1) is 0 Å². The van der Waals surface area contributed by atoms with Crippen LogP contribution < -0.4 is 5.32 Å². The largest absolute Gasteiger partial charge is 0.315 e. The molecule has 0 aromatic heterocycles. The van der Waals surface area contributed by atoms with Crippen molar-refractivity contribution in [2.75, 3.05) is 20.1 Å². The molecule has 0 aromatic carbocycles. The van der Waals surface area contributed by atoms with E-state index >= 15 is 0 Å². The second-order valence-electron chi connectivity index (χ2n) is 5.60. The van der Waals surface area contributed by atoms with Crippen molar-refractivity contribution in [3.05, 3.63) is 0 Å². The summed E-state index contributed by atoms with van der Waals surface area (Å²) < 4.78 is 0. The van der Waals surface area contributed by atoms with Gasteiger partial charge in [-0.25, -0.2) is 0 Å². The first-order chi connectivity index (χ1) is 8.26. The van der Waals surface area contributed by atoms with E-state index in [4.69, 9.17) is 0 Å². The van der Waals surface area contributed by atoms with Gasteiger partial charge in [0, 0.05) is 18.6 Å². The fourth-order valence-electron chi connectivity index (χ4n) is 2.95. The van der Waals surface area contributed by atoms with Crippen molar-refractivity contribution < 1.29 is 0 Å². The average Bonchev–Trinajstić information content (AvgIpc) is 3.13. The van der Waals surface area contributed by atoms with E-state index < -0.39 is 0 Å². The molecular weight excluding hydrogens is 208 g/mol.